The lowest BCUT2D eigenvalue weighted by molar-refractivity contribution is 0.563. The van der Waals surface area contributed by atoms with Crippen LogP contribution in [0.5, 0.6) is 0 Å². The zero-order valence-corrected chi connectivity index (χ0v) is 13.9. The van der Waals surface area contributed by atoms with Gasteiger partial charge in [-0.3, -0.25) is 0 Å². The van der Waals surface area contributed by atoms with E-state index in [-0.39, 0.29) is 11.3 Å². The van der Waals surface area contributed by atoms with Crippen molar-refractivity contribution in [3.8, 4) is 0 Å². The summed E-state index contributed by atoms with van der Waals surface area (Å²) in [6.45, 7) is 3.70. The summed E-state index contributed by atoms with van der Waals surface area (Å²) in [7, 11) is -4.12. The van der Waals surface area contributed by atoms with E-state index in [1.807, 2.05) is 19.9 Å². The van der Waals surface area contributed by atoms with Crippen molar-refractivity contribution in [1.82, 2.24) is 0 Å². The van der Waals surface area contributed by atoms with Crippen LogP contribution in [0.15, 0.2) is 50.7 Å². The van der Waals surface area contributed by atoms with Crippen LogP contribution in [0.3, 0.4) is 0 Å². The van der Waals surface area contributed by atoms with E-state index in [1.54, 1.807) is 24.3 Å². The highest BCUT2D eigenvalue weighted by atomic mass is 32.2. The van der Waals surface area contributed by atoms with Gasteiger partial charge in [0.25, 0.3) is 16.1 Å². The molecule has 6 nitrogen and oxygen atoms in total. The first-order valence-corrected chi connectivity index (χ1v) is 8.42. The van der Waals surface area contributed by atoms with Crippen LogP contribution in [-0.4, -0.2) is 20.6 Å². The van der Waals surface area contributed by atoms with Crippen LogP contribution in [0.25, 0.3) is 0 Å². The number of aliphatic imine (C=N–C) groups is 1. The van der Waals surface area contributed by atoms with E-state index in [0.29, 0.717) is 16.8 Å². The summed E-state index contributed by atoms with van der Waals surface area (Å²) in [5.41, 5.74) is 3.35. The van der Waals surface area contributed by atoms with Crippen LogP contribution in [-0.2, 0) is 26.0 Å². The smallest absolute Gasteiger partial charge is 0.211 e. The van der Waals surface area contributed by atoms with Crippen molar-refractivity contribution >= 4 is 27.9 Å². The Hall–Kier alpha value is -2.85. The average Bonchev–Trinajstić information content (AvgIpc) is 2.50. The van der Waals surface area contributed by atoms with Crippen molar-refractivity contribution < 1.29 is 18.0 Å². The van der Waals surface area contributed by atoms with E-state index in [9.17, 15) is 18.0 Å². The lowest BCUT2D eigenvalue weighted by Gasteiger charge is -2.11. The minimum Gasteiger partial charge on any atom is -0.211 e. The van der Waals surface area contributed by atoms with Gasteiger partial charge in [-0.15, -0.1) is 0 Å². The highest BCUT2D eigenvalue weighted by Crippen LogP contribution is 2.27. The van der Waals surface area contributed by atoms with Crippen LogP contribution in [0.2, 0.25) is 0 Å². The summed E-state index contributed by atoms with van der Waals surface area (Å²) in [5.74, 6) is 0. The van der Waals surface area contributed by atoms with Gasteiger partial charge in [0.15, 0.2) is 0 Å². The molecular weight excluding hydrogens is 328 g/mol. The number of benzene rings is 2. The van der Waals surface area contributed by atoms with Crippen LogP contribution < -0.4 is 0 Å². The minimum absolute atomic E-state index is 0.0704. The number of rotatable bonds is 5. The Balaban J connectivity index is 2.63. The number of carbonyl (C=O) groups excluding carboxylic acids is 2. The molecule has 24 heavy (non-hydrogen) atoms. The van der Waals surface area contributed by atoms with Gasteiger partial charge in [-0.1, -0.05) is 39.8 Å². The van der Waals surface area contributed by atoms with Gasteiger partial charge in [-0.05, 0) is 37.1 Å². The topological polar surface area (TPSA) is 93.0 Å². The fourth-order valence-electron chi connectivity index (χ4n) is 2.42. The molecule has 0 saturated heterocycles. The molecule has 0 aliphatic carbocycles. The van der Waals surface area contributed by atoms with E-state index >= 15 is 0 Å². The second-order valence-electron chi connectivity index (χ2n) is 5.28. The van der Waals surface area contributed by atoms with Gasteiger partial charge in [0, 0.05) is 6.42 Å². The second-order valence-corrected chi connectivity index (χ2v) is 6.85. The van der Waals surface area contributed by atoms with Crippen LogP contribution in [0.1, 0.15) is 22.3 Å². The van der Waals surface area contributed by atoms with Crippen LogP contribution >= 0.6 is 0 Å². The Bertz CT molecular complexity index is 984. The van der Waals surface area contributed by atoms with Gasteiger partial charge >= 0.3 is 0 Å². The molecule has 0 radical (unpaired) electrons. The monoisotopic (exact) mass is 342 g/mol. The number of isocyanates is 2. The number of hydrogen-bond donors (Lipinski definition) is 0. The van der Waals surface area contributed by atoms with Crippen LogP contribution in [0, 0.1) is 13.8 Å². The number of nitrogens with zero attached hydrogens (tertiary/aromatic N) is 2. The molecule has 0 aliphatic heterocycles. The highest BCUT2D eigenvalue weighted by Gasteiger charge is 2.19. The zero-order valence-electron chi connectivity index (χ0n) is 13.1. The summed E-state index contributed by atoms with van der Waals surface area (Å²) in [5, 5.41) is 0. The Morgan fingerprint density at radius 3 is 2.17 bits per heavy atom. The van der Waals surface area contributed by atoms with Crippen molar-refractivity contribution in [3.05, 3.63) is 58.7 Å². The van der Waals surface area contributed by atoms with E-state index in [4.69, 9.17) is 0 Å². The first-order valence-electron chi connectivity index (χ1n) is 6.98. The molecule has 122 valence electrons. The predicted octanol–water partition coefficient (Wildman–Crippen LogP) is 2.89. The lowest BCUT2D eigenvalue weighted by atomic mass is 10.00. The van der Waals surface area contributed by atoms with Crippen molar-refractivity contribution in [2.24, 2.45) is 9.39 Å². The summed E-state index contributed by atoms with van der Waals surface area (Å²) < 4.78 is 27.2. The van der Waals surface area contributed by atoms with E-state index in [1.165, 1.54) is 12.1 Å². The molecule has 7 heteroatoms. The molecule has 0 saturated carbocycles. The molecule has 0 unspecified atom stereocenters. The Morgan fingerprint density at radius 1 is 0.917 bits per heavy atom. The number of sulfonamides is 1. The maximum atomic E-state index is 12.1. The summed E-state index contributed by atoms with van der Waals surface area (Å²) >= 11 is 0. The molecule has 2 rings (SSSR count). The molecule has 0 amide bonds. The summed E-state index contributed by atoms with van der Waals surface area (Å²) in [6, 6.07) is 10.0. The third-order valence-corrected chi connectivity index (χ3v) is 4.70. The van der Waals surface area contributed by atoms with Gasteiger partial charge in [0.2, 0.25) is 6.08 Å². The fourth-order valence-corrected chi connectivity index (χ4v) is 3.31. The van der Waals surface area contributed by atoms with E-state index < -0.39 is 10.0 Å². The van der Waals surface area contributed by atoms with Crippen LogP contribution in [0.4, 0.5) is 5.69 Å². The maximum Gasteiger partial charge on any atom is 0.292 e. The summed E-state index contributed by atoms with van der Waals surface area (Å²) in [6.07, 6.45) is 2.78. The third-order valence-electron chi connectivity index (χ3n) is 3.43. The lowest BCUT2D eigenvalue weighted by Crippen LogP contribution is -2.03. The van der Waals surface area contributed by atoms with Gasteiger partial charge in [0.05, 0.1) is 10.6 Å². The molecule has 2 aromatic rings. The molecular formula is C17H14N2O4S. The maximum absolute atomic E-state index is 12.1. The molecule has 0 N–H and O–H groups in total. The van der Waals surface area contributed by atoms with Crippen molar-refractivity contribution in [2.75, 3.05) is 0 Å². The van der Waals surface area contributed by atoms with Crippen molar-refractivity contribution in [2.45, 2.75) is 25.2 Å². The predicted molar refractivity (Wildman–Crippen MR) is 88.3 cm³/mol. The SMILES string of the molecule is Cc1ccc(N=C=O)c(Cc2cc(C)ccc2S(=O)(=O)N=C=O)c1. The fraction of sp³-hybridized carbons (Fsp3) is 0.176. The molecule has 0 aromatic heterocycles. The van der Waals surface area contributed by atoms with Gasteiger partial charge < -0.3 is 0 Å². The standard InChI is InChI=1S/C17H14N2O4S/c1-12-3-5-16(18-10-20)14(7-12)9-15-8-13(2)4-6-17(15)24(22,23)19-11-21/h3-8H,9H2,1-2H3. The first-order chi connectivity index (χ1) is 11.4. The molecule has 0 fully saturated rings. The molecule has 2 aromatic carbocycles. The minimum atomic E-state index is -4.12. The van der Waals surface area contributed by atoms with Crippen molar-refractivity contribution in [1.29, 1.82) is 0 Å². The Labute approximate surface area is 139 Å². The molecule has 0 aliphatic rings. The number of hydrogen-bond acceptors (Lipinski definition) is 5. The quantitative estimate of drug-likeness (QED) is 0.617. The normalized spacial score (nSPS) is 10.6. The van der Waals surface area contributed by atoms with Gasteiger partial charge in [0.1, 0.15) is 0 Å². The average molecular weight is 342 g/mol. The largest absolute Gasteiger partial charge is 0.292 e. The van der Waals surface area contributed by atoms with E-state index in [0.717, 1.165) is 17.2 Å². The molecule has 0 heterocycles. The van der Waals surface area contributed by atoms with Gasteiger partial charge in [-0.2, -0.15) is 13.4 Å². The van der Waals surface area contributed by atoms with Crippen molar-refractivity contribution in [3.63, 3.8) is 0 Å². The van der Waals surface area contributed by atoms with E-state index in [2.05, 4.69) is 9.39 Å². The molecule has 0 spiro atoms. The van der Waals surface area contributed by atoms with Gasteiger partial charge in [-0.25, -0.2) is 9.59 Å². The Morgan fingerprint density at radius 2 is 1.54 bits per heavy atom. The second kappa shape index (κ2) is 7.15. The first kappa shape index (κ1) is 17.5. The number of aryl methyl sites for hydroxylation is 2. The highest BCUT2D eigenvalue weighted by molar-refractivity contribution is 7.90. The molecule has 0 atom stereocenters. The third kappa shape index (κ3) is 3.91. The zero-order chi connectivity index (χ0) is 17.7. The Kier molecular flexibility index (Phi) is 5.21. The molecule has 0 bridgehead atoms. The summed E-state index contributed by atoms with van der Waals surface area (Å²) in [4.78, 5) is 24.6.